The first kappa shape index (κ1) is 22.4. The number of benzene rings is 1. The van der Waals surface area contributed by atoms with Crippen molar-refractivity contribution >= 4 is 41.4 Å². The molecule has 1 heterocycles. The lowest BCUT2D eigenvalue weighted by molar-refractivity contribution is -0.132. The molecule has 28 heavy (non-hydrogen) atoms. The van der Waals surface area contributed by atoms with Crippen LogP contribution in [-0.2, 0) is 17.6 Å². The highest BCUT2D eigenvalue weighted by molar-refractivity contribution is 7.13. The van der Waals surface area contributed by atoms with Gasteiger partial charge in [0, 0.05) is 21.9 Å². The van der Waals surface area contributed by atoms with E-state index < -0.39 is 5.97 Å². The molecule has 0 unspecified atom stereocenters. The summed E-state index contributed by atoms with van der Waals surface area (Å²) in [5, 5.41) is 9.35. The van der Waals surface area contributed by atoms with Gasteiger partial charge in [0.2, 0.25) is 0 Å². The molecule has 1 aromatic heterocycles. The van der Waals surface area contributed by atoms with Crippen molar-refractivity contribution in [1.82, 2.24) is 4.90 Å². The van der Waals surface area contributed by atoms with E-state index in [1.54, 1.807) is 11.3 Å². The average Bonchev–Trinajstić information content (AvgIpc) is 2.98. The zero-order valence-corrected chi connectivity index (χ0v) is 18.3. The first-order chi connectivity index (χ1) is 13.0. The van der Waals surface area contributed by atoms with Crippen molar-refractivity contribution < 1.29 is 9.90 Å². The molecule has 1 aliphatic rings. The number of rotatable bonds is 6. The molecule has 0 atom stereocenters. The lowest BCUT2D eigenvalue weighted by Crippen LogP contribution is -2.12. The van der Waals surface area contributed by atoms with Gasteiger partial charge in [-0.25, -0.2) is 4.79 Å². The SMILES string of the molecule is CCC(=Cc1cc2c(s1)CCc1ccccc1C2=CCCN(C)C)C(=O)O.Cl. The smallest absolute Gasteiger partial charge is 0.331 e. The van der Waals surface area contributed by atoms with Gasteiger partial charge in [0.15, 0.2) is 0 Å². The Labute approximate surface area is 177 Å². The first-order valence-corrected chi connectivity index (χ1v) is 10.3. The maximum absolute atomic E-state index is 11.4. The predicted octanol–water partition coefficient (Wildman–Crippen LogP) is 5.53. The molecule has 2 aromatic rings. The number of thiophene rings is 1. The van der Waals surface area contributed by atoms with Crippen LogP contribution in [0.25, 0.3) is 11.6 Å². The van der Waals surface area contributed by atoms with Crippen LogP contribution in [0.2, 0.25) is 0 Å². The minimum Gasteiger partial charge on any atom is -0.478 e. The standard InChI is InChI=1S/C23H27NO2S.ClH/c1-4-16(23(25)26)14-18-15-21-20(10-7-13-24(2)3)19-9-6-5-8-17(19)11-12-22(21)27-18;/h5-6,8-10,14-15H,4,7,11-13H2,1-3H3,(H,25,26);1H. The number of nitrogens with zero attached hydrogens (tertiary/aromatic N) is 1. The van der Waals surface area contributed by atoms with E-state index in [9.17, 15) is 9.90 Å². The summed E-state index contributed by atoms with van der Waals surface area (Å²) >= 11 is 1.73. The van der Waals surface area contributed by atoms with Gasteiger partial charge in [0.05, 0.1) is 0 Å². The van der Waals surface area contributed by atoms with Gasteiger partial charge in [-0.05, 0) is 74.2 Å². The monoisotopic (exact) mass is 417 g/mol. The Bertz CT molecular complexity index is 896. The van der Waals surface area contributed by atoms with Crippen LogP contribution in [0.1, 0.15) is 46.2 Å². The van der Waals surface area contributed by atoms with Gasteiger partial charge >= 0.3 is 5.97 Å². The van der Waals surface area contributed by atoms with Crippen molar-refractivity contribution in [2.75, 3.05) is 20.6 Å². The lowest BCUT2D eigenvalue weighted by Gasteiger charge is -2.11. The average molecular weight is 418 g/mol. The Morgan fingerprint density at radius 1 is 1.21 bits per heavy atom. The molecule has 3 nitrogen and oxygen atoms in total. The second kappa shape index (κ2) is 10.1. The zero-order valence-electron chi connectivity index (χ0n) is 16.7. The van der Waals surface area contributed by atoms with E-state index in [0.717, 1.165) is 30.7 Å². The highest BCUT2D eigenvalue weighted by atomic mass is 35.5. The summed E-state index contributed by atoms with van der Waals surface area (Å²) in [6, 6.07) is 10.8. The van der Waals surface area contributed by atoms with Gasteiger partial charge in [-0.15, -0.1) is 23.7 Å². The number of halogens is 1. The summed E-state index contributed by atoms with van der Waals surface area (Å²) in [4.78, 5) is 16.0. The third kappa shape index (κ3) is 5.13. The molecule has 0 fully saturated rings. The van der Waals surface area contributed by atoms with Crippen molar-refractivity contribution in [2.45, 2.75) is 32.6 Å². The Morgan fingerprint density at radius 2 is 1.96 bits per heavy atom. The number of fused-ring (bicyclic) bond motifs is 2. The highest BCUT2D eigenvalue weighted by Gasteiger charge is 2.20. The van der Waals surface area contributed by atoms with E-state index in [4.69, 9.17) is 0 Å². The maximum atomic E-state index is 11.4. The number of hydrogen-bond acceptors (Lipinski definition) is 3. The molecule has 0 amide bonds. The largest absolute Gasteiger partial charge is 0.478 e. The molecule has 1 aromatic carbocycles. The first-order valence-electron chi connectivity index (χ1n) is 9.49. The summed E-state index contributed by atoms with van der Waals surface area (Å²) in [6.45, 7) is 2.90. The number of carbonyl (C=O) groups is 1. The zero-order chi connectivity index (χ0) is 19.4. The topological polar surface area (TPSA) is 40.5 Å². The van der Waals surface area contributed by atoms with Crippen LogP contribution in [0, 0.1) is 0 Å². The van der Waals surface area contributed by atoms with E-state index >= 15 is 0 Å². The van der Waals surface area contributed by atoms with Gasteiger partial charge in [0.1, 0.15) is 0 Å². The van der Waals surface area contributed by atoms with E-state index in [1.807, 2.05) is 13.0 Å². The lowest BCUT2D eigenvalue weighted by atomic mass is 9.95. The second-order valence-corrected chi connectivity index (χ2v) is 8.35. The Balaban J connectivity index is 0.00000280. The molecule has 150 valence electrons. The summed E-state index contributed by atoms with van der Waals surface area (Å²) < 4.78 is 0. The summed E-state index contributed by atoms with van der Waals surface area (Å²) in [7, 11) is 4.19. The molecular weight excluding hydrogens is 390 g/mol. The normalized spacial score (nSPS) is 15.0. The van der Waals surface area contributed by atoms with Crippen LogP contribution in [0.3, 0.4) is 0 Å². The van der Waals surface area contributed by atoms with E-state index in [2.05, 4.69) is 55.4 Å². The van der Waals surface area contributed by atoms with Gasteiger partial charge in [0.25, 0.3) is 0 Å². The minimum absolute atomic E-state index is 0. The van der Waals surface area contributed by atoms with Crippen LogP contribution >= 0.6 is 23.7 Å². The summed E-state index contributed by atoms with van der Waals surface area (Å²) in [5.41, 5.74) is 5.75. The molecule has 0 saturated heterocycles. The Kier molecular flexibility index (Phi) is 8.05. The third-order valence-electron chi connectivity index (χ3n) is 4.94. The van der Waals surface area contributed by atoms with Crippen molar-refractivity contribution in [2.24, 2.45) is 0 Å². The molecule has 3 rings (SSSR count). The van der Waals surface area contributed by atoms with Crippen molar-refractivity contribution in [3.63, 3.8) is 0 Å². The van der Waals surface area contributed by atoms with Crippen LogP contribution < -0.4 is 0 Å². The van der Waals surface area contributed by atoms with E-state index in [0.29, 0.717) is 12.0 Å². The fourth-order valence-electron chi connectivity index (χ4n) is 3.50. The van der Waals surface area contributed by atoms with E-state index in [-0.39, 0.29) is 12.4 Å². The van der Waals surface area contributed by atoms with Crippen molar-refractivity contribution in [1.29, 1.82) is 0 Å². The quantitative estimate of drug-likeness (QED) is 0.628. The fourth-order valence-corrected chi connectivity index (χ4v) is 4.65. The van der Waals surface area contributed by atoms with Gasteiger partial charge in [-0.2, -0.15) is 0 Å². The molecule has 5 heteroatoms. The Hall–Kier alpha value is -1.88. The van der Waals surface area contributed by atoms with Crippen molar-refractivity contribution in [3.8, 4) is 0 Å². The number of aryl methyl sites for hydroxylation is 2. The maximum Gasteiger partial charge on any atom is 0.331 e. The van der Waals surface area contributed by atoms with Gasteiger partial charge in [-0.1, -0.05) is 37.3 Å². The molecular formula is C23H28ClNO2S. The number of carboxylic acids is 1. The molecule has 0 bridgehead atoms. The van der Waals surface area contributed by atoms with Crippen LogP contribution in [0.5, 0.6) is 0 Å². The van der Waals surface area contributed by atoms with Crippen molar-refractivity contribution in [3.05, 3.63) is 68.4 Å². The second-order valence-electron chi connectivity index (χ2n) is 7.18. The molecule has 0 saturated carbocycles. The minimum atomic E-state index is -0.826. The molecule has 0 aliphatic heterocycles. The van der Waals surface area contributed by atoms with Crippen LogP contribution in [0.4, 0.5) is 0 Å². The van der Waals surface area contributed by atoms with E-state index in [1.165, 1.54) is 27.1 Å². The highest BCUT2D eigenvalue weighted by Crippen LogP contribution is 2.38. The van der Waals surface area contributed by atoms with Gasteiger partial charge < -0.3 is 10.0 Å². The van der Waals surface area contributed by atoms with Crippen LogP contribution in [-0.4, -0.2) is 36.6 Å². The van der Waals surface area contributed by atoms with Gasteiger partial charge in [-0.3, -0.25) is 0 Å². The molecule has 1 N–H and O–H groups in total. The third-order valence-corrected chi connectivity index (χ3v) is 6.09. The Morgan fingerprint density at radius 3 is 2.64 bits per heavy atom. The summed E-state index contributed by atoms with van der Waals surface area (Å²) in [5.74, 6) is -0.826. The number of carboxylic acid groups (broad SMARTS) is 1. The number of aliphatic carboxylic acids is 1. The molecule has 0 spiro atoms. The molecule has 1 aliphatic carbocycles. The summed E-state index contributed by atoms with van der Waals surface area (Å²) in [6.07, 6.45) is 7.74. The predicted molar refractivity (Wildman–Crippen MR) is 122 cm³/mol. The fraction of sp³-hybridized carbons (Fsp3) is 0.348. The number of hydrogen-bond donors (Lipinski definition) is 1. The molecule has 0 radical (unpaired) electrons. The van der Waals surface area contributed by atoms with Crippen LogP contribution in [0.15, 0.2) is 42.0 Å².